The molecule has 0 bridgehead atoms. The van der Waals surface area contributed by atoms with Crippen LogP contribution in [0.4, 0.5) is 5.69 Å². The molecule has 0 radical (unpaired) electrons. The lowest BCUT2D eigenvalue weighted by molar-refractivity contribution is 0.102. The molecule has 2 N–H and O–H groups in total. The summed E-state index contributed by atoms with van der Waals surface area (Å²) in [5, 5.41) is 6.66. The van der Waals surface area contributed by atoms with Gasteiger partial charge in [0.05, 0.1) is 5.56 Å². The summed E-state index contributed by atoms with van der Waals surface area (Å²) in [5.74, 6) is 0.306. The van der Waals surface area contributed by atoms with Gasteiger partial charge >= 0.3 is 0 Å². The average Bonchev–Trinajstić information content (AvgIpc) is 2.81. The summed E-state index contributed by atoms with van der Waals surface area (Å²) >= 11 is 0. The van der Waals surface area contributed by atoms with Gasteiger partial charge in [-0.15, -0.1) is 0 Å². The van der Waals surface area contributed by atoms with Crippen LogP contribution >= 0.6 is 0 Å². The van der Waals surface area contributed by atoms with Crippen LogP contribution < -0.4 is 10.6 Å². The minimum Gasteiger partial charge on any atom is -0.322 e. The second kappa shape index (κ2) is 12.1. The zero-order chi connectivity index (χ0) is 25.5. The van der Waals surface area contributed by atoms with Crippen molar-refractivity contribution >= 4 is 17.8 Å². The van der Waals surface area contributed by atoms with E-state index in [0.29, 0.717) is 11.5 Å². The topological polar surface area (TPSA) is 66.4 Å². The maximum atomic E-state index is 12.7. The largest absolute Gasteiger partial charge is 0.322 e. The number of carbonyl (C=O) groups excluding carboxylic acids is 1. The molecule has 5 nitrogen and oxygen atoms in total. The van der Waals surface area contributed by atoms with E-state index in [1.807, 2.05) is 32.2 Å². The van der Waals surface area contributed by atoms with E-state index in [2.05, 4.69) is 74.5 Å². The molecule has 0 spiro atoms. The summed E-state index contributed by atoms with van der Waals surface area (Å²) in [6, 6.07) is 8.15. The quantitative estimate of drug-likeness (QED) is 0.320. The molecule has 186 valence electrons. The Morgan fingerprint density at radius 1 is 1.20 bits per heavy atom. The van der Waals surface area contributed by atoms with E-state index in [1.165, 1.54) is 16.8 Å². The molecule has 3 atom stereocenters. The van der Waals surface area contributed by atoms with Crippen molar-refractivity contribution in [3.63, 3.8) is 0 Å². The van der Waals surface area contributed by atoms with Crippen molar-refractivity contribution in [1.82, 2.24) is 10.3 Å². The number of aromatic nitrogens is 1. The lowest BCUT2D eigenvalue weighted by Crippen LogP contribution is -2.30. The highest BCUT2D eigenvalue weighted by atomic mass is 16.1. The van der Waals surface area contributed by atoms with Gasteiger partial charge in [0.25, 0.3) is 5.91 Å². The van der Waals surface area contributed by atoms with Gasteiger partial charge < -0.3 is 10.6 Å². The summed E-state index contributed by atoms with van der Waals surface area (Å²) in [6.07, 6.45) is 11.5. The number of carbonyl (C=O) groups is 1. The molecular weight excluding hydrogens is 432 g/mol. The van der Waals surface area contributed by atoms with Gasteiger partial charge in [-0.25, -0.2) is 0 Å². The molecular formula is C30H40N4O. The van der Waals surface area contributed by atoms with Gasteiger partial charge in [0, 0.05) is 47.5 Å². The fourth-order valence-electron chi connectivity index (χ4n) is 4.53. The van der Waals surface area contributed by atoms with Gasteiger partial charge in [0.2, 0.25) is 0 Å². The summed E-state index contributed by atoms with van der Waals surface area (Å²) in [4.78, 5) is 21.9. The fraction of sp³-hybridized carbons (Fsp3) is 0.433. The second-order valence-corrected chi connectivity index (χ2v) is 9.82. The van der Waals surface area contributed by atoms with Crippen LogP contribution in [0.15, 0.2) is 58.9 Å². The zero-order valence-corrected chi connectivity index (χ0v) is 22.3. The second-order valence-electron chi connectivity index (χ2n) is 9.82. The Morgan fingerprint density at radius 2 is 1.97 bits per heavy atom. The van der Waals surface area contributed by atoms with Crippen LogP contribution in [-0.4, -0.2) is 23.1 Å². The molecule has 0 saturated heterocycles. The first-order valence-electron chi connectivity index (χ1n) is 12.7. The molecule has 2 aromatic rings. The van der Waals surface area contributed by atoms with Gasteiger partial charge in [-0.1, -0.05) is 37.6 Å². The van der Waals surface area contributed by atoms with Crippen molar-refractivity contribution in [2.75, 3.05) is 5.32 Å². The molecule has 1 aliphatic rings. The Bertz CT molecular complexity index is 1150. The predicted molar refractivity (Wildman–Crippen MR) is 147 cm³/mol. The normalized spacial score (nSPS) is 19.0. The molecule has 1 aliphatic carbocycles. The third-order valence-corrected chi connectivity index (χ3v) is 6.71. The third-order valence-electron chi connectivity index (χ3n) is 6.71. The minimum absolute atomic E-state index is 0.105. The first-order chi connectivity index (χ1) is 16.7. The highest BCUT2D eigenvalue weighted by Gasteiger charge is 2.17. The summed E-state index contributed by atoms with van der Waals surface area (Å²) < 4.78 is 0. The maximum absolute atomic E-state index is 12.7. The third kappa shape index (κ3) is 7.22. The highest BCUT2D eigenvalue weighted by molar-refractivity contribution is 6.04. The standard InChI is InChI=1S/C30H40N4O/c1-8-9-25-11-13-29(21(4)14-25)32-17-22(5)33-24(7)28-16-27(12-10-19(28)2)34-30(35)26-15-20(3)23(6)31-18-26/h9-10,12-13,15-18,21-22,24,33H,8,11,14H2,1-7H3,(H,34,35)/t21?,22?,24-/m0/s1. The van der Waals surface area contributed by atoms with Crippen LogP contribution in [0.25, 0.3) is 0 Å². The lowest BCUT2D eigenvalue weighted by Gasteiger charge is -2.22. The van der Waals surface area contributed by atoms with Gasteiger partial charge in [0.15, 0.2) is 0 Å². The Morgan fingerprint density at radius 3 is 2.66 bits per heavy atom. The average molecular weight is 473 g/mol. The van der Waals surface area contributed by atoms with Crippen LogP contribution in [0.2, 0.25) is 0 Å². The molecule has 0 aliphatic heterocycles. The number of hydrogen-bond donors (Lipinski definition) is 2. The number of anilines is 1. The number of allylic oxidation sites excluding steroid dienone is 4. The maximum Gasteiger partial charge on any atom is 0.257 e. The van der Waals surface area contributed by atoms with Crippen LogP contribution in [0, 0.1) is 26.7 Å². The Hall–Kier alpha value is -3.05. The van der Waals surface area contributed by atoms with E-state index in [-0.39, 0.29) is 18.0 Å². The van der Waals surface area contributed by atoms with E-state index < -0.39 is 0 Å². The van der Waals surface area contributed by atoms with Gasteiger partial charge in [0.1, 0.15) is 0 Å². The smallest absolute Gasteiger partial charge is 0.257 e. The first kappa shape index (κ1) is 26.6. The van der Waals surface area contributed by atoms with Gasteiger partial charge in [-0.2, -0.15) is 0 Å². The first-order valence-corrected chi connectivity index (χ1v) is 12.7. The van der Waals surface area contributed by atoms with Crippen molar-refractivity contribution in [2.24, 2.45) is 10.9 Å². The number of benzene rings is 1. The number of amides is 1. The van der Waals surface area contributed by atoms with Gasteiger partial charge in [-0.05, 0) is 88.8 Å². The van der Waals surface area contributed by atoms with E-state index in [4.69, 9.17) is 4.99 Å². The fourth-order valence-corrected chi connectivity index (χ4v) is 4.53. The van der Waals surface area contributed by atoms with Crippen LogP contribution in [0.5, 0.6) is 0 Å². The molecule has 3 rings (SSSR count). The SMILES string of the molecule is CCC=C1CC=C(N=CC(C)N[C@@H](C)c2cc(NC(=O)c3cnc(C)c(C)c3)ccc2C)C(C)C1. The van der Waals surface area contributed by atoms with E-state index in [9.17, 15) is 4.79 Å². The van der Waals surface area contributed by atoms with Crippen molar-refractivity contribution in [2.45, 2.75) is 79.8 Å². The number of nitrogens with zero attached hydrogens (tertiary/aromatic N) is 2. The predicted octanol–water partition coefficient (Wildman–Crippen LogP) is 7.02. The number of nitrogens with one attached hydrogen (secondary N) is 2. The molecule has 2 unspecified atom stereocenters. The molecule has 1 aromatic heterocycles. The van der Waals surface area contributed by atoms with Gasteiger partial charge in [-0.3, -0.25) is 14.8 Å². The Kier molecular flexibility index (Phi) is 9.16. The summed E-state index contributed by atoms with van der Waals surface area (Å²) in [5.41, 5.74) is 8.32. The van der Waals surface area contributed by atoms with Crippen molar-refractivity contribution in [3.05, 3.63) is 81.8 Å². The lowest BCUT2D eigenvalue weighted by atomic mass is 9.89. The number of rotatable bonds is 8. The monoisotopic (exact) mass is 472 g/mol. The molecule has 35 heavy (non-hydrogen) atoms. The molecule has 1 amide bonds. The van der Waals surface area contributed by atoms with Crippen molar-refractivity contribution in [1.29, 1.82) is 0 Å². The van der Waals surface area contributed by atoms with Crippen molar-refractivity contribution in [3.8, 4) is 0 Å². The summed E-state index contributed by atoms with van der Waals surface area (Å²) in [7, 11) is 0. The van der Waals surface area contributed by atoms with Crippen molar-refractivity contribution < 1.29 is 4.79 Å². The highest BCUT2D eigenvalue weighted by Crippen LogP contribution is 2.29. The summed E-state index contributed by atoms with van der Waals surface area (Å²) in [6.45, 7) is 14.7. The molecule has 1 heterocycles. The Labute approximate surface area is 210 Å². The van der Waals surface area contributed by atoms with Crippen LogP contribution in [0.3, 0.4) is 0 Å². The number of pyridine rings is 1. The zero-order valence-electron chi connectivity index (χ0n) is 22.3. The molecule has 1 aromatic carbocycles. The molecule has 0 saturated carbocycles. The van der Waals surface area contributed by atoms with E-state index >= 15 is 0 Å². The molecule has 0 fully saturated rings. The number of hydrogen-bond acceptors (Lipinski definition) is 4. The number of aliphatic imine (C=N–C) groups is 1. The Balaban J connectivity index is 1.64. The molecule has 5 heteroatoms. The van der Waals surface area contributed by atoms with E-state index in [0.717, 1.165) is 41.8 Å². The van der Waals surface area contributed by atoms with Crippen LogP contribution in [0.1, 0.15) is 85.7 Å². The number of aryl methyl sites for hydroxylation is 3. The minimum atomic E-state index is -0.150. The van der Waals surface area contributed by atoms with E-state index in [1.54, 1.807) is 6.20 Å². The van der Waals surface area contributed by atoms with Crippen LogP contribution in [-0.2, 0) is 0 Å².